The Kier molecular flexibility index (Phi) is 4.43. The summed E-state index contributed by atoms with van der Waals surface area (Å²) in [6, 6.07) is 10.2. The Morgan fingerprint density at radius 2 is 2.14 bits per heavy atom. The summed E-state index contributed by atoms with van der Waals surface area (Å²) in [6.07, 6.45) is 1.34. The molecule has 5 nitrogen and oxygen atoms in total. The second-order valence-corrected chi connectivity index (χ2v) is 6.26. The maximum atomic E-state index is 12.6. The Morgan fingerprint density at radius 3 is 2.82 bits per heavy atom. The van der Waals surface area contributed by atoms with Gasteiger partial charge in [-0.05, 0) is 18.5 Å². The van der Waals surface area contributed by atoms with Crippen LogP contribution in [0.4, 0.5) is 0 Å². The second-order valence-electron chi connectivity index (χ2n) is 6.26. The van der Waals surface area contributed by atoms with Crippen LogP contribution >= 0.6 is 0 Å². The van der Waals surface area contributed by atoms with E-state index in [-0.39, 0.29) is 23.8 Å². The highest BCUT2D eigenvalue weighted by atomic mass is 16.2. The molecule has 2 unspecified atom stereocenters. The fourth-order valence-corrected chi connectivity index (χ4v) is 3.33. The van der Waals surface area contributed by atoms with Crippen LogP contribution in [0.25, 0.3) is 0 Å². The van der Waals surface area contributed by atoms with E-state index in [0.29, 0.717) is 19.5 Å². The van der Waals surface area contributed by atoms with Crippen LogP contribution < -0.4 is 5.32 Å². The van der Waals surface area contributed by atoms with E-state index in [9.17, 15) is 9.59 Å². The maximum absolute atomic E-state index is 12.6. The summed E-state index contributed by atoms with van der Waals surface area (Å²) >= 11 is 0. The fourth-order valence-electron chi connectivity index (χ4n) is 3.33. The lowest BCUT2D eigenvalue weighted by atomic mass is 10.1. The quantitative estimate of drug-likeness (QED) is 0.897. The molecule has 3 rings (SSSR count). The molecule has 0 aliphatic carbocycles. The van der Waals surface area contributed by atoms with Gasteiger partial charge in [0.15, 0.2) is 0 Å². The van der Waals surface area contributed by atoms with Crippen molar-refractivity contribution in [3.63, 3.8) is 0 Å². The number of hydrogen-bond donors (Lipinski definition) is 1. The van der Waals surface area contributed by atoms with Crippen LogP contribution in [0.2, 0.25) is 0 Å². The lowest BCUT2D eigenvalue weighted by Crippen LogP contribution is -2.42. The van der Waals surface area contributed by atoms with E-state index < -0.39 is 0 Å². The SMILES string of the molecule is CN(C(=O)C1CC(=O)N(Cc2ccccc2)C1)C1CCNC1. The highest BCUT2D eigenvalue weighted by Gasteiger charge is 2.37. The predicted octanol–water partition coefficient (Wildman–Crippen LogP) is 0.855. The molecule has 2 aliphatic heterocycles. The molecule has 2 fully saturated rings. The van der Waals surface area contributed by atoms with E-state index in [1.165, 1.54) is 0 Å². The van der Waals surface area contributed by atoms with E-state index in [1.54, 1.807) is 4.90 Å². The lowest BCUT2D eigenvalue weighted by Gasteiger charge is -2.26. The third-order valence-corrected chi connectivity index (χ3v) is 4.71. The standard InChI is InChI=1S/C17H23N3O2/c1-19(15-7-8-18-10-15)17(22)14-9-16(21)20(12-14)11-13-5-3-2-4-6-13/h2-6,14-15,18H,7-12H2,1H3. The van der Waals surface area contributed by atoms with E-state index >= 15 is 0 Å². The fraction of sp³-hybridized carbons (Fsp3) is 0.529. The van der Waals surface area contributed by atoms with Crippen molar-refractivity contribution < 1.29 is 9.59 Å². The Balaban J connectivity index is 1.60. The summed E-state index contributed by atoms with van der Waals surface area (Å²) in [6.45, 7) is 2.96. The molecule has 2 atom stereocenters. The van der Waals surface area contributed by atoms with Gasteiger partial charge in [0.1, 0.15) is 0 Å². The molecule has 0 spiro atoms. The average molecular weight is 301 g/mol. The molecule has 1 aromatic rings. The predicted molar refractivity (Wildman–Crippen MR) is 84.0 cm³/mol. The van der Waals surface area contributed by atoms with Gasteiger partial charge >= 0.3 is 0 Å². The van der Waals surface area contributed by atoms with Crippen molar-refractivity contribution in [1.29, 1.82) is 0 Å². The Labute approximate surface area is 131 Å². The molecule has 1 N–H and O–H groups in total. The molecule has 118 valence electrons. The molecule has 2 amide bonds. The van der Waals surface area contributed by atoms with Gasteiger partial charge in [-0.3, -0.25) is 9.59 Å². The van der Waals surface area contributed by atoms with Crippen molar-refractivity contribution in [2.75, 3.05) is 26.7 Å². The largest absolute Gasteiger partial charge is 0.341 e. The Morgan fingerprint density at radius 1 is 1.36 bits per heavy atom. The molecule has 2 heterocycles. The Bertz CT molecular complexity index is 540. The summed E-state index contributed by atoms with van der Waals surface area (Å²) in [5, 5.41) is 3.28. The van der Waals surface area contributed by atoms with Crippen LogP contribution in [0.15, 0.2) is 30.3 Å². The Hall–Kier alpha value is -1.88. The zero-order valence-corrected chi connectivity index (χ0v) is 13.0. The molecule has 0 bridgehead atoms. The number of amides is 2. The summed E-state index contributed by atoms with van der Waals surface area (Å²) in [4.78, 5) is 28.4. The van der Waals surface area contributed by atoms with Gasteiger partial charge in [-0.1, -0.05) is 30.3 Å². The molecular formula is C17H23N3O2. The number of nitrogens with zero attached hydrogens (tertiary/aromatic N) is 2. The van der Waals surface area contributed by atoms with Crippen LogP contribution in [0.5, 0.6) is 0 Å². The van der Waals surface area contributed by atoms with Crippen molar-refractivity contribution in [3.05, 3.63) is 35.9 Å². The van der Waals surface area contributed by atoms with Crippen molar-refractivity contribution in [1.82, 2.24) is 15.1 Å². The van der Waals surface area contributed by atoms with Crippen LogP contribution in [-0.2, 0) is 16.1 Å². The topological polar surface area (TPSA) is 52.7 Å². The minimum absolute atomic E-state index is 0.0835. The molecule has 0 saturated carbocycles. The van der Waals surface area contributed by atoms with Crippen molar-refractivity contribution in [2.24, 2.45) is 5.92 Å². The smallest absolute Gasteiger partial charge is 0.228 e. The number of likely N-dealkylation sites (N-methyl/N-ethyl adjacent to an activating group) is 1. The van der Waals surface area contributed by atoms with Gasteiger partial charge in [-0.2, -0.15) is 0 Å². The lowest BCUT2D eigenvalue weighted by molar-refractivity contribution is -0.136. The molecule has 2 aliphatic rings. The molecule has 0 radical (unpaired) electrons. The zero-order valence-electron chi connectivity index (χ0n) is 13.0. The highest BCUT2D eigenvalue weighted by molar-refractivity contribution is 5.89. The molecule has 1 aromatic carbocycles. The van der Waals surface area contributed by atoms with Crippen LogP contribution in [-0.4, -0.2) is 54.3 Å². The van der Waals surface area contributed by atoms with E-state index in [0.717, 1.165) is 25.1 Å². The molecule has 5 heteroatoms. The number of rotatable bonds is 4. The van der Waals surface area contributed by atoms with Gasteiger partial charge < -0.3 is 15.1 Å². The van der Waals surface area contributed by atoms with Crippen LogP contribution in [0.3, 0.4) is 0 Å². The van der Waals surface area contributed by atoms with Crippen molar-refractivity contribution >= 4 is 11.8 Å². The number of carbonyl (C=O) groups is 2. The third-order valence-electron chi connectivity index (χ3n) is 4.71. The first kappa shape index (κ1) is 15.0. The third kappa shape index (κ3) is 3.14. The summed E-state index contributed by atoms with van der Waals surface area (Å²) in [5.41, 5.74) is 1.11. The summed E-state index contributed by atoms with van der Waals surface area (Å²) in [5.74, 6) is -0.000395. The van der Waals surface area contributed by atoms with Crippen molar-refractivity contribution in [3.8, 4) is 0 Å². The molecule has 22 heavy (non-hydrogen) atoms. The first-order chi connectivity index (χ1) is 10.6. The van der Waals surface area contributed by atoms with Gasteiger partial charge in [0, 0.05) is 39.1 Å². The van der Waals surface area contributed by atoms with Gasteiger partial charge in [-0.25, -0.2) is 0 Å². The van der Waals surface area contributed by atoms with Gasteiger partial charge in [0.25, 0.3) is 0 Å². The first-order valence-electron chi connectivity index (χ1n) is 7.94. The summed E-state index contributed by atoms with van der Waals surface area (Å²) < 4.78 is 0. The minimum Gasteiger partial charge on any atom is -0.341 e. The normalized spacial score (nSPS) is 24.8. The van der Waals surface area contributed by atoms with E-state index in [2.05, 4.69) is 5.32 Å². The van der Waals surface area contributed by atoms with Gasteiger partial charge in [-0.15, -0.1) is 0 Å². The number of likely N-dealkylation sites (tertiary alicyclic amines) is 1. The number of carbonyl (C=O) groups excluding carboxylic acids is 2. The number of nitrogens with one attached hydrogen (secondary N) is 1. The molecule has 0 aromatic heterocycles. The number of hydrogen-bond acceptors (Lipinski definition) is 3. The zero-order chi connectivity index (χ0) is 15.5. The number of benzene rings is 1. The van der Waals surface area contributed by atoms with E-state index in [4.69, 9.17) is 0 Å². The first-order valence-corrected chi connectivity index (χ1v) is 7.94. The second kappa shape index (κ2) is 6.48. The maximum Gasteiger partial charge on any atom is 0.228 e. The van der Waals surface area contributed by atoms with Crippen LogP contribution in [0, 0.1) is 5.92 Å². The molecular weight excluding hydrogens is 278 g/mol. The minimum atomic E-state index is -0.193. The highest BCUT2D eigenvalue weighted by Crippen LogP contribution is 2.23. The summed E-state index contributed by atoms with van der Waals surface area (Å²) in [7, 11) is 1.87. The van der Waals surface area contributed by atoms with Gasteiger partial charge in [0.2, 0.25) is 11.8 Å². The van der Waals surface area contributed by atoms with Crippen molar-refractivity contribution in [2.45, 2.75) is 25.4 Å². The van der Waals surface area contributed by atoms with E-state index in [1.807, 2.05) is 42.3 Å². The monoisotopic (exact) mass is 301 g/mol. The average Bonchev–Trinajstić information content (AvgIpc) is 3.18. The molecule has 2 saturated heterocycles. The van der Waals surface area contributed by atoms with Crippen LogP contribution in [0.1, 0.15) is 18.4 Å². The van der Waals surface area contributed by atoms with Gasteiger partial charge in [0.05, 0.1) is 5.92 Å².